The minimum absolute atomic E-state index is 0.119. The van der Waals surface area contributed by atoms with Crippen LogP contribution in [0, 0.1) is 0 Å². The van der Waals surface area contributed by atoms with E-state index in [2.05, 4.69) is 0 Å². The van der Waals surface area contributed by atoms with Crippen molar-refractivity contribution in [1.82, 2.24) is 0 Å². The Kier molecular flexibility index (Phi) is 3.42. The van der Waals surface area contributed by atoms with Gasteiger partial charge < -0.3 is 5.73 Å². The Morgan fingerprint density at radius 3 is 2.30 bits per heavy atom. The molecule has 0 spiro atoms. The molecule has 0 heterocycles. The molecule has 0 fully saturated rings. The normalized spacial score (nSPS) is 13.6. The fourth-order valence-electron chi connectivity index (χ4n) is 0.397. The van der Waals surface area contributed by atoms with Crippen molar-refractivity contribution >= 4 is 9.84 Å². The minimum Gasteiger partial charge on any atom is -0.401 e. The van der Waals surface area contributed by atoms with Gasteiger partial charge in [0.1, 0.15) is 0 Å². The van der Waals surface area contributed by atoms with Gasteiger partial charge in [-0.25, -0.2) is 8.42 Å². The molecular formula is C6H13NO2S. The Labute approximate surface area is 61.8 Å². The first-order valence-electron chi connectivity index (χ1n) is 3.20. The van der Waals surface area contributed by atoms with E-state index in [1.807, 2.05) is 6.92 Å². The third-order valence-electron chi connectivity index (χ3n) is 1.14. The molecule has 10 heavy (non-hydrogen) atoms. The molecule has 0 radical (unpaired) electrons. The highest BCUT2D eigenvalue weighted by Gasteiger charge is 2.01. The number of nitrogens with two attached hydrogens (primary N) is 1. The van der Waals surface area contributed by atoms with Gasteiger partial charge >= 0.3 is 0 Å². The Morgan fingerprint density at radius 1 is 1.50 bits per heavy atom. The highest BCUT2D eigenvalue weighted by atomic mass is 32.2. The van der Waals surface area contributed by atoms with Crippen LogP contribution in [0.25, 0.3) is 0 Å². The molecule has 0 saturated heterocycles. The number of rotatable bonds is 3. The van der Waals surface area contributed by atoms with Gasteiger partial charge in [-0.3, -0.25) is 0 Å². The van der Waals surface area contributed by atoms with Crippen molar-refractivity contribution in [1.29, 1.82) is 0 Å². The summed E-state index contributed by atoms with van der Waals surface area (Å²) in [7, 11) is -3.02. The zero-order valence-electron chi connectivity index (χ0n) is 6.29. The number of hydrogen-bond donors (Lipinski definition) is 1. The summed E-state index contributed by atoms with van der Waals surface area (Å²) in [6.45, 7) is 3.41. The molecule has 0 aliphatic rings. The lowest BCUT2D eigenvalue weighted by Crippen LogP contribution is -2.03. The van der Waals surface area contributed by atoms with E-state index in [-0.39, 0.29) is 5.75 Å². The molecule has 0 saturated carbocycles. The molecule has 0 aliphatic carbocycles. The molecule has 60 valence electrons. The van der Waals surface area contributed by atoms with Gasteiger partial charge in [0.05, 0.1) is 5.75 Å². The molecule has 0 aliphatic heterocycles. The van der Waals surface area contributed by atoms with Gasteiger partial charge in [-0.15, -0.1) is 0 Å². The first kappa shape index (κ1) is 9.49. The van der Waals surface area contributed by atoms with E-state index in [0.717, 1.165) is 5.41 Å². The smallest absolute Gasteiger partial charge is 0.173 e. The second-order valence-corrected chi connectivity index (χ2v) is 4.14. The molecule has 0 aromatic heterocycles. The maximum Gasteiger partial charge on any atom is 0.173 e. The summed E-state index contributed by atoms with van der Waals surface area (Å²) in [5.41, 5.74) is 5.73. The predicted molar refractivity (Wildman–Crippen MR) is 42.0 cm³/mol. The molecule has 3 nitrogen and oxygen atoms in total. The molecule has 0 aromatic rings. The fraction of sp³-hybridized carbons (Fsp3) is 0.667. The van der Waals surface area contributed by atoms with Gasteiger partial charge in [-0.05, 0) is 6.42 Å². The van der Waals surface area contributed by atoms with Crippen LogP contribution in [0.3, 0.4) is 0 Å². The first-order valence-corrected chi connectivity index (χ1v) is 4.92. The summed E-state index contributed by atoms with van der Waals surface area (Å²) < 4.78 is 21.6. The maximum atomic E-state index is 10.8. The van der Waals surface area contributed by atoms with Crippen molar-refractivity contribution in [3.63, 3.8) is 0 Å². The van der Waals surface area contributed by atoms with Gasteiger partial charge in [0, 0.05) is 11.1 Å². The van der Waals surface area contributed by atoms with Gasteiger partial charge in [-0.2, -0.15) is 0 Å². The van der Waals surface area contributed by atoms with Gasteiger partial charge in [-0.1, -0.05) is 13.8 Å². The van der Waals surface area contributed by atoms with Crippen LogP contribution < -0.4 is 5.73 Å². The van der Waals surface area contributed by atoms with Crippen LogP contribution in [-0.4, -0.2) is 14.2 Å². The quantitative estimate of drug-likeness (QED) is 0.664. The molecule has 0 aromatic carbocycles. The molecule has 2 N–H and O–H groups in total. The van der Waals surface area contributed by atoms with E-state index < -0.39 is 9.84 Å². The Balaban J connectivity index is 4.41. The summed E-state index contributed by atoms with van der Waals surface area (Å²) >= 11 is 0. The minimum atomic E-state index is -3.02. The monoisotopic (exact) mass is 163 g/mol. The highest BCUT2D eigenvalue weighted by molar-refractivity contribution is 7.94. The van der Waals surface area contributed by atoms with Crippen LogP contribution in [-0.2, 0) is 9.84 Å². The maximum absolute atomic E-state index is 10.8. The van der Waals surface area contributed by atoms with Crippen molar-refractivity contribution in [3.05, 3.63) is 11.1 Å². The van der Waals surface area contributed by atoms with E-state index >= 15 is 0 Å². The van der Waals surface area contributed by atoms with Crippen molar-refractivity contribution < 1.29 is 8.42 Å². The summed E-state index contributed by atoms with van der Waals surface area (Å²) in [6.07, 6.45) is 0.583. The second-order valence-electron chi connectivity index (χ2n) is 2.00. The van der Waals surface area contributed by atoms with Gasteiger partial charge in [0.15, 0.2) is 9.84 Å². The van der Waals surface area contributed by atoms with E-state index in [9.17, 15) is 8.42 Å². The van der Waals surface area contributed by atoms with Crippen LogP contribution in [0.5, 0.6) is 0 Å². The molecule has 0 rings (SSSR count). The number of hydrogen-bond acceptors (Lipinski definition) is 3. The molecule has 0 bridgehead atoms. The zero-order chi connectivity index (χ0) is 8.20. The third kappa shape index (κ3) is 3.50. The van der Waals surface area contributed by atoms with Crippen LogP contribution in [0.1, 0.15) is 20.3 Å². The van der Waals surface area contributed by atoms with E-state index in [0.29, 0.717) is 12.1 Å². The molecule has 0 atom stereocenters. The summed E-state index contributed by atoms with van der Waals surface area (Å²) in [5, 5.41) is 1.13. The van der Waals surface area contributed by atoms with Crippen molar-refractivity contribution in [2.75, 3.05) is 5.75 Å². The zero-order valence-corrected chi connectivity index (χ0v) is 7.11. The number of allylic oxidation sites excluding steroid dienone is 1. The fourth-order valence-corrected chi connectivity index (χ4v) is 1.19. The standard InChI is InChI=1S/C6H13NO2S/c1-3-6(7)5-10(8,9)4-2/h5H,3-4,7H2,1-2H3/b6-5-. The highest BCUT2D eigenvalue weighted by Crippen LogP contribution is 1.97. The lowest BCUT2D eigenvalue weighted by molar-refractivity contribution is 0.605. The number of sulfone groups is 1. The molecular weight excluding hydrogens is 150 g/mol. The Hall–Kier alpha value is -0.510. The van der Waals surface area contributed by atoms with Crippen molar-refractivity contribution in [2.45, 2.75) is 20.3 Å². The second kappa shape index (κ2) is 3.61. The average Bonchev–Trinajstić information content (AvgIpc) is 1.87. The SMILES string of the molecule is CC/C(N)=C/S(=O)(=O)CC. The van der Waals surface area contributed by atoms with Crippen LogP contribution in [0.15, 0.2) is 11.1 Å². The summed E-state index contributed by atoms with van der Waals surface area (Å²) in [4.78, 5) is 0. The Morgan fingerprint density at radius 2 is 2.00 bits per heavy atom. The molecule has 0 unspecified atom stereocenters. The van der Waals surface area contributed by atoms with Crippen LogP contribution in [0.4, 0.5) is 0 Å². The predicted octanol–water partition coefficient (Wildman–Crippen LogP) is 0.631. The lowest BCUT2D eigenvalue weighted by Gasteiger charge is -1.94. The first-order chi connectivity index (χ1) is 4.52. The van der Waals surface area contributed by atoms with E-state index in [1.165, 1.54) is 0 Å². The Bertz CT molecular complexity index is 216. The topological polar surface area (TPSA) is 60.2 Å². The van der Waals surface area contributed by atoms with Crippen molar-refractivity contribution in [3.8, 4) is 0 Å². The van der Waals surface area contributed by atoms with Gasteiger partial charge in [0.25, 0.3) is 0 Å². The van der Waals surface area contributed by atoms with E-state index in [1.54, 1.807) is 6.92 Å². The van der Waals surface area contributed by atoms with Crippen LogP contribution >= 0.6 is 0 Å². The van der Waals surface area contributed by atoms with Crippen LogP contribution in [0.2, 0.25) is 0 Å². The van der Waals surface area contributed by atoms with Gasteiger partial charge in [0.2, 0.25) is 0 Å². The summed E-state index contributed by atoms with van der Waals surface area (Å²) in [5.74, 6) is 0.119. The average molecular weight is 163 g/mol. The summed E-state index contributed by atoms with van der Waals surface area (Å²) in [6, 6.07) is 0. The lowest BCUT2D eigenvalue weighted by atomic mass is 10.4. The van der Waals surface area contributed by atoms with E-state index in [4.69, 9.17) is 5.73 Å². The molecule has 4 heteroatoms. The molecule has 0 amide bonds. The van der Waals surface area contributed by atoms with Crippen molar-refractivity contribution in [2.24, 2.45) is 5.73 Å². The largest absolute Gasteiger partial charge is 0.401 e. The third-order valence-corrected chi connectivity index (χ3v) is 2.61.